The Kier molecular flexibility index (Phi) is 7.42. The van der Waals surface area contributed by atoms with Gasteiger partial charge in [-0.25, -0.2) is 0 Å². The first-order valence-electron chi connectivity index (χ1n) is 11.6. The molecule has 1 aromatic heterocycles. The highest BCUT2D eigenvalue weighted by Crippen LogP contribution is 2.27. The van der Waals surface area contributed by atoms with E-state index in [1.807, 2.05) is 29.2 Å². The van der Waals surface area contributed by atoms with Crippen LogP contribution in [0.5, 0.6) is 0 Å². The zero-order valence-corrected chi connectivity index (χ0v) is 18.8. The van der Waals surface area contributed by atoms with Crippen LogP contribution in [-0.4, -0.2) is 84.8 Å². The second-order valence-corrected chi connectivity index (χ2v) is 8.65. The number of carbonyl (C=O) groups excluding carboxylic acids is 2. The standard InChI is InChI=1S/C24H33N5O3/c1-27(20-8-3-2-4-9-20)11-6-10-23(30)29-12-5-7-19(18-29)21-17-22(26-25-21)24(31)28-13-15-32-16-14-28/h2-4,8-9,17,19H,5-7,10-16,18H2,1H3,(H,25,26). The van der Waals surface area contributed by atoms with Gasteiger partial charge in [0.2, 0.25) is 5.91 Å². The number of carbonyl (C=O) groups is 2. The third-order valence-electron chi connectivity index (χ3n) is 6.41. The van der Waals surface area contributed by atoms with Crippen LogP contribution in [0.3, 0.4) is 0 Å². The monoisotopic (exact) mass is 439 g/mol. The molecule has 2 amide bonds. The van der Waals surface area contributed by atoms with Crippen LogP contribution in [0.4, 0.5) is 5.69 Å². The molecule has 0 radical (unpaired) electrons. The van der Waals surface area contributed by atoms with Gasteiger partial charge in [-0.2, -0.15) is 5.10 Å². The number of hydrogen-bond donors (Lipinski definition) is 1. The minimum Gasteiger partial charge on any atom is -0.378 e. The van der Waals surface area contributed by atoms with Crippen molar-refractivity contribution < 1.29 is 14.3 Å². The fourth-order valence-corrected chi connectivity index (χ4v) is 4.48. The van der Waals surface area contributed by atoms with Crippen molar-refractivity contribution in [2.75, 3.05) is 57.9 Å². The van der Waals surface area contributed by atoms with Gasteiger partial charge in [0.05, 0.1) is 13.2 Å². The summed E-state index contributed by atoms with van der Waals surface area (Å²) in [5.74, 6) is 0.348. The van der Waals surface area contributed by atoms with Crippen LogP contribution in [0.15, 0.2) is 36.4 Å². The highest BCUT2D eigenvalue weighted by atomic mass is 16.5. The zero-order chi connectivity index (χ0) is 22.3. The smallest absolute Gasteiger partial charge is 0.274 e. The second kappa shape index (κ2) is 10.6. The number of amides is 2. The maximum absolute atomic E-state index is 12.8. The van der Waals surface area contributed by atoms with Crippen molar-refractivity contribution in [3.05, 3.63) is 47.8 Å². The highest BCUT2D eigenvalue weighted by Gasteiger charge is 2.27. The lowest BCUT2D eigenvalue weighted by Crippen LogP contribution is -2.40. The number of aromatic amines is 1. The topological polar surface area (TPSA) is 81.8 Å². The molecule has 8 nitrogen and oxygen atoms in total. The Morgan fingerprint density at radius 2 is 1.94 bits per heavy atom. The van der Waals surface area contributed by atoms with Crippen LogP contribution < -0.4 is 4.90 Å². The highest BCUT2D eigenvalue weighted by molar-refractivity contribution is 5.92. The number of piperidine rings is 1. The van der Waals surface area contributed by atoms with E-state index in [4.69, 9.17) is 4.74 Å². The molecule has 0 saturated carbocycles. The Morgan fingerprint density at radius 3 is 2.72 bits per heavy atom. The maximum atomic E-state index is 12.8. The van der Waals surface area contributed by atoms with Crippen molar-refractivity contribution >= 4 is 17.5 Å². The molecule has 3 heterocycles. The largest absolute Gasteiger partial charge is 0.378 e. The van der Waals surface area contributed by atoms with Crippen LogP contribution in [0, 0.1) is 0 Å². The molecule has 172 valence electrons. The Hall–Kier alpha value is -2.87. The molecule has 32 heavy (non-hydrogen) atoms. The lowest BCUT2D eigenvalue weighted by molar-refractivity contribution is -0.132. The number of aromatic nitrogens is 2. The predicted molar refractivity (Wildman–Crippen MR) is 123 cm³/mol. The van der Waals surface area contributed by atoms with Gasteiger partial charge in [0.25, 0.3) is 5.91 Å². The fourth-order valence-electron chi connectivity index (χ4n) is 4.48. The normalized spacial score (nSPS) is 19.1. The lowest BCUT2D eigenvalue weighted by atomic mass is 9.94. The van der Waals surface area contributed by atoms with Gasteiger partial charge in [0.1, 0.15) is 5.69 Å². The first kappa shape index (κ1) is 22.3. The van der Waals surface area contributed by atoms with Crippen LogP contribution in [0.2, 0.25) is 0 Å². The molecule has 1 aromatic carbocycles. The summed E-state index contributed by atoms with van der Waals surface area (Å²) >= 11 is 0. The number of ether oxygens (including phenoxy) is 1. The van der Waals surface area contributed by atoms with E-state index in [1.165, 1.54) is 5.69 Å². The van der Waals surface area contributed by atoms with E-state index in [-0.39, 0.29) is 17.7 Å². The molecule has 0 spiro atoms. The summed E-state index contributed by atoms with van der Waals surface area (Å²) in [6.45, 7) is 4.69. The van der Waals surface area contributed by atoms with Gasteiger partial charge in [-0.05, 0) is 37.5 Å². The fraction of sp³-hybridized carbons (Fsp3) is 0.542. The van der Waals surface area contributed by atoms with Crippen molar-refractivity contribution in [3.63, 3.8) is 0 Å². The lowest BCUT2D eigenvalue weighted by Gasteiger charge is -2.32. The summed E-state index contributed by atoms with van der Waals surface area (Å²) in [5.41, 5.74) is 2.57. The summed E-state index contributed by atoms with van der Waals surface area (Å²) in [4.78, 5) is 31.4. The van der Waals surface area contributed by atoms with Gasteiger partial charge in [-0.3, -0.25) is 14.7 Å². The first-order chi connectivity index (χ1) is 15.6. The molecule has 1 unspecified atom stereocenters. The van der Waals surface area contributed by atoms with Gasteiger partial charge < -0.3 is 19.4 Å². The average Bonchev–Trinajstić information content (AvgIpc) is 3.35. The summed E-state index contributed by atoms with van der Waals surface area (Å²) in [6, 6.07) is 12.1. The number of benzene rings is 1. The molecule has 2 saturated heterocycles. The summed E-state index contributed by atoms with van der Waals surface area (Å²) in [7, 11) is 2.06. The van der Waals surface area contributed by atoms with Gasteiger partial charge in [0, 0.05) is 63.5 Å². The third-order valence-corrected chi connectivity index (χ3v) is 6.41. The number of likely N-dealkylation sites (tertiary alicyclic amines) is 1. The number of rotatable bonds is 7. The molecule has 4 rings (SSSR count). The molecule has 1 atom stereocenters. The minimum atomic E-state index is -0.0536. The van der Waals surface area contributed by atoms with Gasteiger partial charge >= 0.3 is 0 Å². The number of para-hydroxylation sites is 1. The first-order valence-corrected chi connectivity index (χ1v) is 11.6. The second-order valence-electron chi connectivity index (χ2n) is 8.65. The number of anilines is 1. The quantitative estimate of drug-likeness (QED) is 0.717. The zero-order valence-electron chi connectivity index (χ0n) is 18.8. The van der Waals surface area contributed by atoms with Gasteiger partial charge in [0.15, 0.2) is 0 Å². The summed E-state index contributed by atoms with van der Waals surface area (Å²) in [6.07, 6.45) is 3.33. The molecule has 2 aliphatic heterocycles. The van der Waals surface area contributed by atoms with E-state index in [0.29, 0.717) is 45.0 Å². The SMILES string of the molecule is CN(CCCC(=O)N1CCCC(c2cc(C(=O)N3CCOCC3)n[nH]2)C1)c1ccccc1. The minimum absolute atomic E-state index is 0.0536. The molecule has 2 aliphatic rings. The van der Waals surface area contributed by atoms with Crippen LogP contribution in [-0.2, 0) is 9.53 Å². The van der Waals surface area contributed by atoms with E-state index < -0.39 is 0 Å². The van der Waals surface area contributed by atoms with Gasteiger partial charge in [-0.15, -0.1) is 0 Å². The summed E-state index contributed by atoms with van der Waals surface area (Å²) in [5, 5.41) is 7.33. The Morgan fingerprint density at radius 1 is 1.16 bits per heavy atom. The van der Waals surface area contributed by atoms with E-state index in [1.54, 1.807) is 4.90 Å². The van der Waals surface area contributed by atoms with Crippen LogP contribution >= 0.6 is 0 Å². The van der Waals surface area contributed by atoms with E-state index in [2.05, 4.69) is 34.3 Å². The van der Waals surface area contributed by atoms with Gasteiger partial charge in [-0.1, -0.05) is 18.2 Å². The predicted octanol–water partition coefficient (Wildman–Crippen LogP) is 2.50. The third kappa shape index (κ3) is 5.48. The molecule has 2 aromatic rings. The molecule has 1 N–H and O–H groups in total. The number of morpholine rings is 1. The Bertz CT molecular complexity index is 894. The van der Waals surface area contributed by atoms with Crippen molar-refractivity contribution in [2.45, 2.75) is 31.6 Å². The van der Waals surface area contributed by atoms with Crippen LogP contribution in [0.1, 0.15) is 47.8 Å². The van der Waals surface area contributed by atoms with E-state index >= 15 is 0 Å². The Labute approximate surface area is 189 Å². The number of nitrogens with zero attached hydrogens (tertiary/aromatic N) is 4. The van der Waals surface area contributed by atoms with Crippen LogP contribution in [0.25, 0.3) is 0 Å². The molecular formula is C24H33N5O3. The molecule has 0 bridgehead atoms. The maximum Gasteiger partial charge on any atom is 0.274 e. The Balaban J connectivity index is 1.27. The van der Waals surface area contributed by atoms with Crippen molar-refractivity contribution in [3.8, 4) is 0 Å². The van der Waals surface area contributed by atoms with Crippen molar-refractivity contribution in [1.82, 2.24) is 20.0 Å². The number of hydrogen-bond acceptors (Lipinski definition) is 5. The average molecular weight is 440 g/mol. The van der Waals surface area contributed by atoms with E-state index in [9.17, 15) is 9.59 Å². The molecule has 0 aliphatic carbocycles. The molecule has 2 fully saturated rings. The van der Waals surface area contributed by atoms with Crippen molar-refractivity contribution in [1.29, 1.82) is 0 Å². The molecular weight excluding hydrogens is 406 g/mol. The molecule has 8 heteroatoms. The van der Waals surface area contributed by atoms with E-state index in [0.717, 1.165) is 38.0 Å². The summed E-state index contributed by atoms with van der Waals surface area (Å²) < 4.78 is 5.32. The number of nitrogens with one attached hydrogen (secondary N) is 1. The van der Waals surface area contributed by atoms with Crippen molar-refractivity contribution in [2.24, 2.45) is 0 Å². The number of H-pyrrole nitrogens is 1.